The van der Waals surface area contributed by atoms with Gasteiger partial charge in [0.05, 0.1) is 0 Å². The minimum Gasteiger partial charge on any atom is -0.423 e. The fourth-order valence-electron chi connectivity index (χ4n) is 4.45. The summed E-state index contributed by atoms with van der Waals surface area (Å²) in [7, 11) is -4.10. The van der Waals surface area contributed by atoms with Crippen molar-refractivity contribution in [3.63, 3.8) is 0 Å². The summed E-state index contributed by atoms with van der Waals surface area (Å²) >= 11 is 1.64. The molecule has 1 aliphatic rings. The second kappa shape index (κ2) is 7.35. The molecule has 0 atom stereocenters. The molecular weight excluding hydrogens is 391 g/mol. The molecule has 0 spiro atoms. The number of rotatable bonds is 3. The number of fused-ring (bicyclic) bond motifs is 2. The van der Waals surface area contributed by atoms with Gasteiger partial charge in [-0.3, -0.25) is 0 Å². The molecule has 1 heterocycles. The Morgan fingerprint density at radius 2 is 1.14 bits per heavy atom. The van der Waals surface area contributed by atoms with Gasteiger partial charge in [0.15, 0.2) is 8.07 Å². The first-order chi connectivity index (χ1) is 14.2. The molecule has 0 bridgehead atoms. The lowest BCUT2D eigenvalue weighted by molar-refractivity contribution is 0.425. The van der Waals surface area contributed by atoms with Crippen LogP contribution in [0, 0.1) is 0 Å². The molecule has 5 heteroatoms. The van der Waals surface area contributed by atoms with Crippen LogP contribution >= 0.6 is 11.8 Å². The molecule has 29 heavy (non-hydrogen) atoms. The molecule has 1 aliphatic heterocycles. The van der Waals surface area contributed by atoms with Crippen molar-refractivity contribution in [2.45, 2.75) is 9.79 Å². The van der Waals surface area contributed by atoms with Crippen molar-refractivity contribution in [3.05, 3.63) is 103 Å². The van der Waals surface area contributed by atoms with Crippen molar-refractivity contribution >= 4 is 53.2 Å². The summed E-state index contributed by atoms with van der Waals surface area (Å²) in [5.74, 6) is 0. The molecular formula is C24H19BO2SSi. The lowest BCUT2D eigenvalue weighted by Gasteiger charge is -2.40. The minimum atomic E-state index is -2.60. The van der Waals surface area contributed by atoms with E-state index in [1.165, 1.54) is 25.6 Å². The van der Waals surface area contributed by atoms with E-state index in [9.17, 15) is 10.0 Å². The third kappa shape index (κ3) is 2.81. The average Bonchev–Trinajstić information content (AvgIpc) is 2.78. The van der Waals surface area contributed by atoms with E-state index in [-0.39, 0.29) is 0 Å². The molecule has 2 nitrogen and oxygen atoms in total. The highest BCUT2D eigenvalue weighted by Gasteiger charge is 2.47. The van der Waals surface area contributed by atoms with Crippen LogP contribution in [-0.4, -0.2) is 25.2 Å². The topological polar surface area (TPSA) is 40.5 Å². The van der Waals surface area contributed by atoms with Crippen LogP contribution in [0.5, 0.6) is 0 Å². The zero-order chi connectivity index (χ0) is 19.8. The zero-order valence-electron chi connectivity index (χ0n) is 15.7. The second-order valence-electron chi connectivity index (χ2n) is 7.18. The predicted molar refractivity (Wildman–Crippen MR) is 124 cm³/mol. The third-order valence-corrected chi connectivity index (χ3v) is 12.1. The van der Waals surface area contributed by atoms with Gasteiger partial charge in [-0.2, -0.15) is 0 Å². The summed E-state index contributed by atoms with van der Waals surface area (Å²) in [6, 6.07) is 35.9. The summed E-state index contributed by atoms with van der Waals surface area (Å²) in [5.41, 5.74) is 0.575. The van der Waals surface area contributed by atoms with Crippen molar-refractivity contribution in [2.24, 2.45) is 0 Å². The second-order valence-corrected chi connectivity index (χ2v) is 12.0. The smallest absolute Gasteiger partial charge is 0.423 e. The van der Waals surface area contributed by atoms with Crippen molar-refractivity contribution in [3.8, 4) is 0 Å². The minimum absolute atomic E-state index is 0.575. The lowest BCUT2D eigenvalue weighted by Crippen LogP contribution is -2.77. The van der Waals surface area contributed by atoms with Gasteiger partial charge in [0, 0.05) is 9.79 Å². The number of hydrogen-bond donors (Lipinski definition) is 2. The molecule has 0 unspecified atom stereocenters. The SMILES string of the molecule is OB(O)c1cccc2c1Sc1ccccc1[Si]2(c1ccccc1)c1ccccc1. The van der Waals surface area contributed by atoms with Crippen LogP contribution in [0.1, 0.15) is 0 Å². The van der Waals surface area contributed by atoms with Crippen LogP contribution in [0.3, 0.4) is 0 Å². The summed E-state index contributed by atoms with van der Waals surface area (Å²) in [5, 5.41) is 25.3. The number of hydrogen-bond acceptors (Lipinski definition) is 3. The van der Waals surface area contributed by atoms with Gasteiger partial charge in [0.25, 0.3) is 0 Å². The highest BCUT2D eigenvalue weighted by atomic mass is 32.2. The lowest BCUT2D eigenvalue weighted by atomic mass is 9.80. The van der Waals surface area contributed by atoms with Crippen molar-refractivity contribution in [2.75, 3.05) is 0 Å². The van der Waals surface area contributed by atoms with E-state index < -0.39 is 15.2 Å². The van der Waals surface area contributed by atoms with E-state index >= 15 is 0 Å². The van der Waals surface area contributed by atoms with Gasteiger partial charge < -0.3 is 10.0 Å². The Bertz CT molecular complexity index is 1130. The van der Waals surface area contributed by atoms with Gasteiger partial charge in [-0.15, -0.1) is 0 Å². The van der Waals surface area contributed by atoms with Gasteiger partial charge in [0.2, 0.25) is 0 Å². The van der Waals surface area contributed by atoms with Gasteiger partial charge >= 0.3 is 7.12 Å². The summed E-state index contributed by atoms with van der Waals surface area (Å²) in [4.78, 5) is 2.16. The van der Waals surface area contributed by atoms with Crippen LogP contribution in [0.15, 0.2) is 113 Å². The highest BCUT2D eigenvalue weighted by Crippen LogP contribution is 2.32. The fourth-order valence-corrected chi connectivity index (χ4v) is 11.6. The fraction of sp³-hybridized carbons (Fsp3) is 0. The molecule has 0 aliphatic carbocycles. The van der Waals surface area contributed by atoms with E-state index in [0.29, 0.717) is 5.46 Å². The summed E-state index contributed by atoms with van der Waals surface area (Å²) < 4.78 is 0. The summed E-state index contributed by atoms with van der Waals surface area (Å²) in [6.07, 6.45) is 0. The maximum atomic E-state index is 10.1. The van der Waals surface area contributed by atoms with Gasteiger partial charge in [-0.25, -0.2) is 0 Å². The molecule has 0 aromatic heterocycles. The first-order valence-electron chi connectivity index (χ1n) is 9.61. The van der Waals surface area contributed by atoms with Gasteiger partial charge in [-0.05, 0) is 32.3 Å². The van der Waals surface area contributed by atoms with Gasteiger partial charge in [-0.1, -0.05) is 109 Å². The highest BCUT2D eigenvalue weighted by molar-refractivity contribution is 8.00. The van der Waals surface area contributed by atoms with E-state index in [1.807, 2.05) is 12.1 Å². The van der Waals surface area contributed by atoms with E-state index in [0.717, 1.165) is 4.90 Å². The molecule has 5 rings (SSSR count). The molecule has 2 N–H and O–H groups in total. The van der Waals surface area contributed by atoms with Crippen molar-refractivity contribution < 1.29 is 10.0 Å². The molecule has 4 aromatic carbocycles. The average molecular weight is 410 g/mol. The Morgan fingerprint density at radius 3 is 1.76 bits per heavy atom. The molecule has 0 radical (unpaired) electrons. The standard InChI is InChI=1S/C24H19BO2SSi/c26-25(27)20-14-9-17-23-24(20)28-21-15-7-8-16-22(21)29(23,18-10-3-1-4-11-18)19-12-5-2-6-13-19/h1-17,26-27H. The maximum Gasteiger partial charge on any atom is 0.489 e. The summed E-state index contributed by atoms with van der Waals surface area (Å²) in [6.45, 7) is 0. The Labute approximate surface area is 176 Å². The molecule has 0 saturated carbocycles. The Morgan fingerprint density at radius 1 is 0.586 bits per heavy atom. The van der Waals surface area contributed by atoms with Crippen LogP contribution in [-0.2, 0) is 0 Å². The molecule has 0 amide bonds. The van der Waals surface area contributed by atoms with Crippen molar-refractivity contribution in [1.82, 2.24) is 0 Å². The third-order valence-electron chi connectivity index (χ3n) is 5.64. The zero-order valence-corrected chi connectivity index (χ0v) is 17.5. The first-order valence-corrected chi connectivity index (χ1v) is 12.4. The molecule has 4 aromatic rings. The van der Waals surface area contributed by atoms with E-state index in [1.54, 1.807) is 11.8 Å². The quantitative estimate of drug-likeness (QED) is 0.440. The van der Waals surface area contributed by atoms with E-state index in [2.05, 4.69) is 91.0 Å². The molecule has 0 fully saturated rings. The normalized spacial score (nSPS) is 14.0. The Hall–Kier alpha value is -2.57. The van der Waals surface area contributed by atoms with E-state index in [4.69, 9.17) is 0 Å². The van der Waals surface area contributed by atoms with Crippen LogP contribution < -0.4 is 26.2 Å². The largest absolute Gasteiger partial charge is 0.489 e. The van der Waals surface area contributed by atoms with Crippen molar-refractivity contribution in [1.29, 1.82) is 0 Å². The molecule has 0 saturated heterocycles. The molecule has 140 valence electrons. The monoisotopic (exact) mass is 410 g/mol. The Kier molecular flexibility index (Phi) is 4.68. The van der Waals surface area contributed by atoms with Gasteiger partial charge in [0.1, 0.15) is 0 Å². The Balaban J connectivity index is 1.97. The first kappa shape index (κ1) is 18.5. The number of benzene rings is 4. The van der Waals surface area contributed by atoms with Crippen LogP contribution in [0.4, 0.5) is 0 Å². The van der Waals surface area contributed by atoms with Crippen LogP contribution in [0.2, 0.25) is 0 Å². The maximum absolute atomic E-state index is 10.1. The van der Waals surface area contributed by atoms with Crippen LogP contribution in [0.25, 0.3) is 0 Å². The predicted octanol–water partition coefficient (Wildman–Crippen LogP) is 1.21.